The van der Waals surface area contributed by atoms with Crippen LogP contribution in [-0.4, -0.2) is 21.1 Å². The van der Waals surface area contributed by atoms with Crippen molar-refractivity contribution in [2.24, 2.45) is 7.05 Å². The van der Waals surface area contributed by atoms with E-state index in [-0.39, 0.29) is 5.97 Å². The van der Waals surface area contributed by atoms with Crippen LogP contribution in [0.5, 0.6) is 0 Å². The Morgan fingerprint density at radius 1 is 1.35 bits per heavy atom. The van der Waals surface area contributed by atoms with E-state index in [2.05, 4.69) is 4.98 Å². The summed E-state index contributed by atoms with van der Waals surface area (Å²) in [7, 11) is 1.85. The van der Waals surface area contributed by atoms with Gasteiger partial charge in [-0.2, -0.15) is 0 Å². The minimum Gasteiger partial charge on any atom is -0.455 e. The molecule has 0 saturated heterocycles. The average molecular weight is 272 g/mol. The lowest BCUT2D eigenvalue weighted by Gasteiger charge is -2.20. The van der Waals surface area contributed by atoms with Crippen LogP contribution in [0, 0.1) is 6.92 Å². The summed E-state index contributed by atoms with van der Waals surface area (Å²) in [6, 6.07) is 3.81. The van der Waals surface area contributed by atoms with Crippen molar-refractivity contribution in [2.45, 2.75) is 33.3 Å². The summed E-state index contributed by atoms with van der Waals surface area (Å²) in [4.78, 5) is 16.6. The Bertz CT molecular complexity index is 622. The molecule has 4 nitrogen and oxygen atoms in total. The van der Waals surface area contributed by atoms with Crippen LogP contribution < -0.4 is 0 Å². The van der Waals surface area contributed by atoms with Crippen LogP contribution >= 0.6 is 0 Å². The van der Waals surface area contributed by atoms with Crippen molar-refractivity contribution in [3.63, 3.8) is 0 Å². The van der Waals surface area contributed by atoms with Crippen LogP contribution in [0.3, 0.4) is 0 Å². The molecule has 0 radical (unpaired) electrons. The maximum Gasteiger partial charge on any atom is 0.356 e. The van der Waals surface area contributed by atoms with E-state index in [1.54, 1.807) is 12.4 Å². The smallest absolute Gasteiger partial charge is 0.356 e. The number of rotatable bonds is 2. The van der Waals surface area contributed by atoms with E-state index in [4.69, 9.17) is 4.74 Å². The van der Waals surface area contributed by atoms with Gasteiger partial charge in [-0.3, -0.25) is 4.98 Å². The fraction of sp³-hybridized carbons (Fsp3) is 0.375. The second kappa shape index (κ2) is 5.12. The number of nitrogens with zero attached hydrogens (tertiary/aromatic N) is 2. The first-order valence-electron chi connectivity index (χ1n) is 6.59. The molecular formula is C16H20N2O2. The van der Waals surface area contributed by atoms with Gasteiger partial charge in [0.05, 0.1) is 0 Å². The SMILES string of the molecule is Cc1cn(C)c(C(=O)OC(C)(C)C)c1-c1cccnc1. The quantitative estimate of drug-likeness (QED) is 0.787. The average Bonchev–Trinajstić information content (AvgIpc) is 2.63. The van der Waals surface area contributed by atoms with Gasteiger partial charge < -0.3 is 9.30 Å². The largest absolute Gasteiger partial charge is 0.455 e. The number of pyridine rings is 1. The zero-order valence-corrected chi connectivity index (χ0v) is 12.6. The molecule has 0 unspecified atom stereocenters. The molecule has 0 amide bonds. The molecule has 0 atom stereocenters. The van der Waals surface area contributed by atoms with E-state index in [0.29, 0.717) is 5.69 Å². The zero-order valence-electron chi connectivity index (χ0n) is 12.6. The second-order valence-corrected chi connectivity index (χ2v) is 5.89. The van der Waals surface area contributed by atoms with Crippen LogP contribution in [0.4, 0.5) is 0 Å². The zero-order chi connectivity index (χ0) is 14.9. The lowest BCUT2D eigenvalue weighted by Crippen LogP contribution is -2.25. The highest BCUT2D eigenvalue weighted by atomic mass is 16.6. The van der Waals surface area contributed by atoms with Crippen LogP contribution in [0.2, 0.25) is 0 Å². The maximum absolute atomic E-state index is 12.4. The van der Waals surface area contributed by atoms with Crippen LogP contribution in [-0.2, 0) is 11.8 Å². The third-order valence-electron chi connectivity index (χ3n) is 2.91. The van der Waals surface area contributed by atoms with Gasteiger partial charge in [-0.05, 0) is 39.3 Å². The van der Waals surface area contributed by atoms with Crippen LogP contribution in [0.1, 0.15) is 36.8 Å². The predicted octanol–water partition coefficient (Wildman–Crippen LogP) is 3.35. The molecule has 0 spiro atoms. The van der Waals surface area contributed by atoms with Gasteiger partial charge in [-0.15, -0.1) is 0 Å². The number of hydrogen-bond acceptors (Lipinski definition) is 3. The molecule has 0 fully saturated rings. The van der Waals surface area contributed by atoms with Crippen molar-refractivity contribution in [1.82, 2.24) is 9.55 Å². The number of carbonyl (C=O) groups excluding carboxylic acids is 1. The summed E-state index contributed by atoms with van der Waals surface area (Å²) in [5.74, 6) is -0.313. The molecule has 0 aliphatic rings. The molecule has 0 saturated carbocycles. The van der Waals surface area contributed by atoms with E-state index in [9.17, 15) is 4.79 Å². The first-order chi connectivity index (χ1) is 9.29. The summed E-state index contributed by atoms with van der Waals surface area (Å²) < 4.78 is 7.31. The number of aryl methyl sites for hydroxylation is 2. The number of aromatic nitrogens is 2. The van der Waals surface area contributed by atoms with Gasteiger partial charge in [0.2, 0.25) is 0 Å². The normalized spacial score (nSPS) is 11.4. The molecule has 0 N–H and O–H groups in total. The Morgan fingerprint density at radius 3 is 2.60 bits per heavy atom. The number of esters is 1. The van der Waals surface area contributed by atoms with E-state index < -0.39 is 5.60 Å². The number of carbonyl (C=O) groups is 1. The lowest BCUT2D eigenvalue weighted by molar-refractivity contribution is 0.00600. The lowest BCUT2D eigenvalue weighted by atomic mass is 10.0. The molecule has 20 heavy (non-hydrogen) atoms. The predicted molar refractivity (Wildman–Crippen MR) is 78.5 cm³/mol. The fourth-order valence-corrected chi connectivity index (χ4v) is 2.23. The van der Waals surface area contributed by atoms with Gasteiger partial charge in [-0.1, -0.05) is 6.07 Å². The maximum atomic E-state index is 12.4. The standard InChI is InChI=1S/C16H20N2O2/c1-11-10-18(5)14(15(19)20-16(2,3)4)13(11)12-7-6-8-17-9-12/h6-10H,1-5H3. The molecule has 0 aromatic carbocycles. The minimum atomic E-state index is -0.512. The van der Waals surface area contributed by atoms with Gasteiger partial charge in [0.1, 0.15) is 11.3 Å². The highest BCUT2D eigenvalue weighted by Gasteiger charge is 2.25. The van der Waals surface area contributed by atoms with Crippen molar-refractivity contribution in [3.8, 4) is 11.1 Å². The molecule has 0 aliphatic carbocycles. The van der Waals surface area contributed by atoms with Crippen molar-refractivity contribution < 1.29 is 9.53 Å². The summed E-state index contributed by atoms with van der Waals surface area (Å²) in [6.45, 7) is 7.58. The van der Waals surface area contributed by atoms with Gasteiger partial charge in [0.15, 0.2) is 0 Å². The van der Waals surface area contributed by atoms with Crippen LogP contribution in [0.25, 0.3) is 11.1 Å². The second-order valence-electron chi connectivity index (χ2n) is 5.89. The van der Waals surface area contributed by atoms with Gasteiger partial charge in [-0.25, -0.2) is 4.79 Å². The van der Waals surface area contributed by atoms with Crippen LogP contribution in [0.15, 0.2) is 30.7 Å². The highest BCUT2D eigenvalue weighted by molar-refractivity contribution is 5.97. The Hall–Kier alpha value is -2.10. The molecule has 2 rings (SSSR count). The van der Waals surface area contributed by atoms with E-state index in [0.717, 1.165) is 16.7 Å². The Labute approximate surface area is 119 Å². The first-order valence-corrected chi connectivity index (χ1v) is 6.59. The van der Waals surface area contributed by atoms with E-state index >= 15 is 0 Å². The van der Waals surface area contributed by atoms with Crippen molar-refractivity contribution in [2.75, 3.05) is 0 Å². The molecular weight excluding hydrogens is 252 g/mol. The van der Waals surface area contributed by atoms with Crippen molar-refractivity contribution in [1.29, 1.82) is 0 Å². The van der Waals surface area contributed by atoms with E-state index in [1.807, 2.05) is 57.6 Å². The molecule has 4 heteroatoms. The van der Waals surface area contributed by atoms with Gasteiger partial charge in [0, 0.05) is 36.8 Å². The van der Waals surface area contributed by atoms with E-state index in [1.165, 1.54) is 0 Å². The first kappa shape index (κ1) is 14.3. The van der Waals surface area contributed by atoms with Gasteiger partial charge >= 0.3 is 5.97 Å². The molecule has 0 bridgehead atoms. The molecule has 0 aliphatic heterocycles. The molecule has 2 aromatic heterocycles. The molecule has 2 heterocycles. The summed E-state index contributed by atoms with van der Waals surface area (Å²) in [6.07, 6.45) is 5.41. The molecule has 106 valence electrons. The Kier molecular flexibility index (Phi) is 3.66. The van der Waals surface area contributed by atoms with Gasteiger partial charge in [0.25, 0.3) is 0 Å². The third-order valence-corrected chi connectivity index (χ3v) is 2.91. The summed E-state index contributed by atoms with van der Waals surface area (Å²) >= 11 is 0. The minimum absolute atomic E-state index is 0.313. The van der Waals surface area contributed by atoms with Crippen molar-refractivity contribution in [3.05, 3.63) is 42.0 Å². The topological polar surface area (TPSA) is 44.1 Å². The Morgan fingerprint density at radius 2 is 2.05 bits per heavy atom. The fourth-order valence-electron chi connectivity index (χ4n) is 2.23. The summed E-state index contributed by atoms with van der Waals surface area (Å²) in [5.41, 5.74) is 2.88. The third kappa shape index (κ3) is 2.90. The van der Waals surface area contributed by atoms with Crippen molar-refractivity contribution >= 4 is 5.97 Å². The number of hydrogen-bond donors (Lipinski definition) is 0. The Balaban J connectivity index is 2.52. The monoisotopic (exact) mass is 272 g/mol. The molecule has 2 aromatic rings. The number of ether oxygens (including phenoxy) is 1. The summed E-state index contributed by atoms with van der Waals surface area (Å²) in [5, 5.41) is 0. The highest BCUT2D eigenvalue weighted by Crippen LogP contribution is 2.29.